The summed E-state index contributed by atoms with van der Waals surface area (Å²) in [6.07, 6.45) is 4.64. The first-order valence-electron chi connectivity index (χ1n) is 12.9. The predicted octanol–water partition coefficient (Wildman–Crippen LogP) is 7.30. The van der Waals surface area contributed by atoms with Crippen LogP contribution in [0.5, 0.6) is 17.2 Å². The second-order valence-electron chi connectivity index (χ2n) is 9.87. The van der Waals surface area contributed by atoms with Gasteiger partial charge in [0.15, 0.2) is 5.76 Å². The van der Waals surface area contributed by atoms with Gasteiger partial charge in [-0.05, 0) is 68.3 Å². The highest BCUT2D eigenvalue weighted by molar-refractivity contribution is 6.35. The number of carbonyl (C=O) groups is 1. The fourth-order valence-corrected chi connectivity index (χ4v) is 5.89. The molecule has 0 atom stereocenters. The van der Waals surface area contributed by atoms with Crippen LogP contribution in [-0.2, 0) is 19.5 Å². The quantitative estimate of drug-likeness (QED) is 0.231. The Kier molecular flexibility index (Phi) is 6.79. The van der Waals surface area contributed by atoms with Crippen LogP contribution in [0.3, 0.4) is 0 Å². The highest BCUT2D eigenvalue weighted by Gasteiger charge is 2.34. The van der Waals surface area contributed by atoms with E-state index < -0.39 is 0 Å². The van der Waals surface area contributed by atoms with E-state index in [2.05, 4.69) is 16.4 Å². The Morgan fingerprint density at radius 1 is 1.10 bits per heavy atom. The third-order valence-corrected chi connectivity index (χ3v) is 8.05. The highest BCUT2D eigenvalue weighted by Crippen LogP contribution is 2.43. The fraction of sp³-hybridized carbons (Fsp3) is 0.258. The SMILES string of the molecule is CCn1cc(/C=C2\Oc3c(cc4c(c3C)OCN(CCc3ccc(Cl)cc3Cl)C4)C2=O)c2cc(OC)ccc21. The van der Waals surface area contributed by atoms with Crippen molar-refractivity contribution in [3.8, 4) is 17.2 Å². The van der Waals surface area contributed by atoms with Gasteiger partial charge in [-0.15, -0.1) is 0 Å². The van der Waals surface area contributed by atoms with E-state index in [-0.39, 0.29) is 5.78 Å². The van der Waals surface area contributed by atoms with Crippen molar-refractivity contribution >= 4 is 46.0 Å². The minimum absolute atomic E-state index is 0.124. The molecule has 0 radical (unpaired) electrons. The van der Waals surface area contributed by atoms with E-state index >= 15 is 0 Å². The summed E-state index contributed by atoms with van der Waals surface area (Å²) in [5.41, 5.74) is 5.42. The summed E-state index contributed by atoms with van der Waals surface area (Å²) < 4.78 is 19.9. The molecule has 0 N–H and O–H groups in total. The third-order valence-electron chi connectivity index (χ3n) is 7.46. The van der Waals surface area contributed by atoms with Crippen LogP contribution >= 0.6 is 23.2 Å². The van der Waals surface area contributed by atoms with Gasteiger partial charge in [0.2, 0.25) is 5.78 Å². The summed E-state index contributed by atoms with van der Waals surface area (Å²) in [5, 5.41) is 2.29. The molecule has 0 amide bonds. The lowest BCUT2D eigenvalue weighted by Crippen LogP contribution is -2.34. The minimum Gasteiger partial charge on any atom is -0.497 e. The third kappa shape index (κ3) is 4.67. The molecule has 2 aliphatic heterocycles. The van der Waals surface area contributed by atoms with Gasteiger partial charge in [0.25, 0.3) is 0 Å². The van der Waals surface area contributed by atoms with Crippen molar-refractivity contribution in [2.24, 2.45) is 0 Å². The molecule has 2 aliphatic rings. The summed E-state index contributed by atoms with van der Waals surface area (Å²) >= 11 is 12.4. The molecule has 200 valence electrons. The number of nitrogens with zero attached hydrogens (tertiary/aromatic N) is 2. The van der Waals surface area contributed by atoms with E-state index in [1.165, 1.54) is 0 Å². The van der Waals surface area contributed by atoms with Crippen molar-refractivity contribution in [2.75, 3.05) is 20.4 Å². The van der Waals surface area contributed by atoms with Crippen LogP contribution in [0.2, 0.25) is 10.0 Å². The van der Waals surface area contributed by atoms with E-state index in [9.17, 15) is 4.79 Å². The Bertz CT molecular complexity index is 1660. The number of halogens is 2. The maximum atomic E-state index is 13.5. The maximum Gasteiger partial charge on any atom is 0.231 e. The molecular weight excluding hydrogens is 535 g/mol. The average molecular weight is 563 g/mol. The number of fused-ring (bicyclic) bond motifs is 3. The number of aryl methyl sites for hydroxylation is 1. The van der Waals surface area contributed by atoms with E-state index in [0.29, 0.717) is 40.4 Å². The smallest absolute Gasteiger partial charge is 0.231 e. The number of aromatic nitrogens is 1. The number of Topliss-reactive ketones (excluding diaryl/α,β-unsaturated/α-hetero) is 1. The number of benzene rings is 3. The van der Waals surface area contributed by atoms with Gasteiger partial charge in [0.05, 0.1) is 12.7 Å². The summed E-state index contributed by atoms with van der Waals surface area (Å²) in [7, 11) is 1.65. The van der Waals surface area contributed by atoms with Crippen LogP contribution in [0.1, 0.15) is 39.5 Å². The van der Waals surface area contributed by atoms with Gasteiger partial charge < -0.3 is 18.8 Å². The molecular formula is C31H28Cl2N2O4. The van der Waals surface area contributed by atoms with Gasteiger partial charge in [-0.3, -0.25) is 9.69 Å². The van der Waals surface area contributed by atoms with Crippen molar-refractivity contribution < 1.29 is 19.0 Å². The molecule has 0 fully saturated rings. The van der Waals surface area contributed by atoms with Crippen molar-refractivity contribution in [2.45, 2.75) is 33.4 Å². The number of hydrogen-bond acceptors (Lipinski definition) is 5. The Morgan fingerprint density at radius 2 is 1.95 bits per heavy atom. The molecule has 0 spiro atoms. The summed E-state index contributed by atoms with van der Waals surface area (Å²) in [5.74, 6) is 2.31. The minimum atomic E-state index is -0.124. The van der Waals surface area contributed by atoms with E-state index in [1.807, 2.05) is 55.6 Å². The molecule has 1 aromatic heterocycles. The van der Waals surface area contributed by atoms with E-state index in [4.69, 9.17) is 37.4 Å². The Labute approximate surface area is 237 Å². The van der Waals surface area contributed by atoms with Crippen molar-refractivity contribution in [3.05, 3.63) is 92.3 Å². The normalized spacial score (nSPS) is 15.8. The zero-order valence-electron chi connectivity index (χ0n) is 22.0. The average Bonchev–Trinajstić information content (AvgIpc) is 3.45. The van der Waals surface area contributed by atoms with Gasteiger partial charge in [-0.2, -0.15) is 0 Å². The van der Waals surface area contributed by atoms with Crippen molar-refractivity contribution in [1.82, 2.24) is 9.47 Å². The van der Waals surface area contributed by atoms with Crippen molar-refractivity contribution in [3.63, 3.8) is 0 Å². The number of ketones is 1. The number of rotatable bonds is 6. The molecule has 3 heterocycles. The zero-order valence-corrected chi connectivity index (χ0v) is 23.5. The summed E-state index contributed by atoms with van der Waals surface area (Å²) in [6, 6.07) is 13.5. The van der Waals surface area contributed by atoms with Gasteiger partial charge >= 0.3 is 0 Å². The molecule has 6 nitrogen and oxygen atoms in total. The van der Waals surface area contributed by atoms with Gasteiger partial charge in [-0.1, -0.05) is 29.3 Å². The maximum absolute atomic E-state index is 13.5. The Hall–Kier alpha value is -3.45. The van der Waals surface area contributed by atoms with Crippen LogP contribution < -0.4 is 14.2 Å². The number of methoxy groups -OCH3 is 1. The lowest BCUT2D eigenvalue weighted by atomic mass is 9.99. The molecule has 8 heteroatoms. The van der Waals surface area contributed by atoms with Crippen LogP contribution in [0, 0.1) is 6.92 Å². The van der Waals surface area contributed by atoms with E-state index in [1.54, 1.807) is 13.2 Å². The second-order valence-corrected chi connectivity index (χ2v) is 10.7. The molecule has 0 saturated heterocycles. The van der Waals surface area contributed by atoms with Gasteiger partial charge in [0.1, 0.15) is 24.0 Å². The monoisotopic (exact) mass is 562 g/mol. The first kappa shape index (κ1) is 25.8. The Balaban J connectivity index is 1.27. The highest BCUT2D eigenvalue weighted by atomic mass is 35.5. The lowest BCUT2D eigenvalue weighted by Gasteiger charge is -2.30. The molecule has 6 rings (SSSR count). The first-order chi connectivity index (χ1) is 18.9. The van der Waals surface area contributed by atoms with Gasteiger partial charge in [0, 0.05) is 63.5 Å². The molecule has 0 saturated carbocycles. The molecule has 0 unspecified atom stereocenters. The van der Waals surface area contributed by atoms with Crippen LogP contribution in [0.4, 0.5) is 0 Å². The number of ether oxygens (including phenoxy) is 3. The fourth-order valence-electron chi connectivity index (χ4n) is 5.39. The molecule has 0 bridgehead atoms. The summed E-state index contributed by atoms with van der Waals surface area (Å²) in [6.45, 7) is 6.74. The largest absolute Gasteiger partial charge is 0.497 e. The second kappa shape index (κ2) is 10.3. The topological polar surface area (TPSA) is 52.9 Å². The first-order valence-corrected chi connectivity index (χ1v) is 13.7. The van der Waals surface area contributed by atoms with Crippen LogP contribution in [0.15, 0.2) is 54.4 Å². The van der Waals surface area contributed by atoms with Crippen LogP contribution in [0.25, 0.3) is 17.0 Å². The zero-order chi connectivity index (χ0) is 27.3. The van der Waals surface area contributed by atoms with E-state index in [0.717, 1.165) is 64.2 Å². The molecule has 0 aliphatic carbocycles. The number of carbonyl (C=O) groups excluding carboxylic acids is 1. The summed E-state index contributed by atoms with van der Waals surface area (Å²) in [4.78, 5) is 15.7. The molecule has 39 heavy (non-hydrogen) atoms. The number of allylic oxidation sites excluding steroid dienone is 1. The Morgan fingerprint density at radius 3 is 2.72 bits per heavy atom. The molecule has 4 aromatic rings. The molecule has 3 aromatic carbocycles. The van der Waals surface area contributed by atoms with Crippen molar-refractivity contribution in [1.29, 1.82) is 0 Å². The number of hydrogen-bond donors (Lipinski definition) is 0. The van der Waals surface area contributed by atoms with Gasteiger partial charge in [-0.25, -0.2) is 0 Å². The van der Waals surface area contributed by atoms with Crippen LogP contribution in [-0.4, -0.2) is 35.6 Å². The lowest BCUT2D eigenvalue weighted by molar-refractivity contribution is 0.0954. The standard InChI is InChI=1S/C31H28Cl2N2O4/c1-4-35-16-20(24-14-23(37-3)7-8-27(24)35)12-28-29(36)25-11-21-15-34(17-38-30(21)18(2)31(25)39-28)10-9-19-5-6-22(32)13-26(19)33/h5-8,11-14,16H,4,9-10,15,17H2,1-3H3/b28-12-. The predicted molar refractivity (Wildman–Crippen MR) is 154 cm³/mol.